The van der Waals surface area contributed by atoms with E-state index in [1.165, 1.54) is 30.7 Å². The molecular formula is C22H29FN2O4. The fraction of sp³-hybridized carbons (Fsp3) is 0.591. The van der Waals surface area contributed by atoms with Crippen molar-refractivity contribution in [1.82, 2.24) is 10.2 Å². The second kappa shape index (κ2) is 9.85. The SMILES string of the molecule is C[C@@H](OC(=O)C1CCN(C(=O)c2ccc(F)cc2)CC1)C(=O)NC1CCCCC1. The smallest absolute Gasteiger partial charge is 0.309 e. The molecule has 158 valence electrons. The van der Waals surface area contributed by atoms with Gasteiger partial charge in [-0.1, -0.05) is 19.3 Å². The summed E-state index contributed by atoms with van der Waals surface area (Å²) in [5, 5.41) is 2.98. The van der Waals surface area contributed by atoms with Crippen molar-refractivity contribution in [3.05, 3.63) is 35.6 Å². The zero-order valence-electron chi connectivity index (χ0n) is 16.9. The van der Waals surface area contributed by atoms with Crippen LogP contribution in [0.2, 0.25) is 0 Å². The molecule has 1 atom stereocenters. The van der Waals surface area contributed by atoms with Gasteiger partial charge < -0.3 is 15.0 Å². The molecule has 7 heteroatoms. The zero-order chi connectivity index (χ0) is 20.8. The van der Waals surface area contributed by atoms with Gasteiger partial charge in [0.05, 0.1) is 5.92 Å². The molecule has 0 bridgehead atoms. The van der Waals surface area contributed by atoms with E-state index in [0.717, 1.165) is 25.7 Å². The number of nitrogens with one attached hydrogen (secondary N) is 1. The Balaban J connectivity index is 1.43. The van der Waals surface area contributed by atoms with Crippen molar-refractivity contribution in [2.24, 2.45) is 5.92 Å². The molecule has 29 heavy (non-hydrogen) atoms. The Kier molecular flexibility index (Phi) is 7.23. The Morgan fingerprint density at radius 1 is 1.03 bits per heavy atom. The number of hydrogen-bond acceptors (Lipinski definition) is 4. The lowest BCUT2D eigenvalue weighted by Crippen LogP contribution is -2.44. The lowest BCUT2D eigenvalue weighted by molar-refractivity contribution is -0.160. The third-order valence-electron chi connectivity index (χ3n) is 5.82. The summed E-state index contributed by atoms with van der Waals surface area (Å²) in [4.78, 5) is 38.9. The molecule has 1 aliphatic heterocycles. The third kappa shape index (κ3) is 5.78. The Morgan fingerprint density at radius 2 is 1.66 bits per heavy atom. The largest absolute Gasteiger partial charge is 0.452 e. The lowest BCUT2D eigenvalue weighted by Gasteiger charge is -2.31. The van der Waals surface area contributed by atoms with E-state index < -0.39 is 6.10 Å². The number of likely N-dealkylation sites (tertiary alicyclic amines) is 1. The average molecular weight is 404 g/mol. The number of carbonyl (C=O) groups is 3. The van der Waals surface area contributed by atoms with Crippen LogP contribution in [0.25, 0.3) is 0 Å². The highest BCUT2D eigenvalue weighted by Gasteiger charge is 2.31. The highest BCUT2D eigenvalue weighted by Crippen LogP contribution is 2.22. The van der Waals surface area contributed by atoms with E-state index in [4.69, 9.17) is 4.74 Å². The number of hydrogen-bond donors (Lipinski definition) is 1. The van der Waals surface area contributed by atoms with Crippen molar-refractivity contribution >= 4 is 17.8 Å². The maximum atomic E-state index is 13.0. The molecule has 0 radical (unpaired) electrons. The van der Waals surface area contributed by atoms with Gasteiger partial charge in [0.2, 0.25) is 0 Å². The predicted molar refractivity (Wildman–Crippen MR) is 106 cm³/mol. The second-order valence-corrected chi connectivity index (χ2v) is 8.00. The van der Waals surface area contributed by atoms with E-state index in [-0.39, 0.29) is 35.6 Å². The molecule has 1 heterocycles. The fourth-order valence-electron chi connectivity index (χ4n) is 3.98. The molecule has 1 aromatic rings. The topological polar surface area (TPSA) is 75.7 Å². The summed E-state index contributed by atoms with van der Waals surface area (Å²) in [5.41, 5.74) is 0.431. The number of amides is 2. The molecule has 1 aromatic carbocycles. The van der Waals surface area contributed by atoms with Gasteiger partial charge in [-0.2, -0.15) is 0 Å². The quantitative estimate of drug-likeness (QED) is 0.766. The lowest BCUT2D eigenvalue weighted by atomic mass is 9.95. The first-order valence-corrected chi connectivity index (χ1v) is 10.5. The number of esters is 1. The van der Waals surface area contributed by atoms with Crippen LogP contribution < -0.4 is 5.32 Å². The number of halogens is 1. The van der Waals surface area contributed by atoms with Gasteiger partial charge in [-0.15, -0.1) is 0 Å². The van der Waals surface area contributed by atoms with Crippen molar-refractivity contribution in [3.8, 4) is 0 Å². The molecular weight excluding hydrogens is 375 g/mol. The van der Waals surface area contributed by atoms with Crippen LogP contribution in [0.1, 0.15) is 62.2 Å². The van der Waals surface area contributed by atoms with Crippen LogP contribution >= 0.6 is 0 Å². The monoisotopic (exact) mass is 404 g/mol. The Bertz CT molecular complexity index is 723. The highest BCUT2D eigenvalue weighted by atomic mass is 19.1. The van der Waals surface area contributed by atoms with E-state index in [1.807, 2.05) is 0 Å². The summed E-state index contributed by atoms with van der Waals surface area (Å²) in [6.45, 7) is 2.46. The van der Waals surface area contributed by atoms with Gasteiger partial charge in [-0.25, -0.2) is 4.39 Å². The Labute approximate surface area is 170 Å². The Morgan fingerprint density at radius 3 is 2.28 bits per heavy atom. The van der Waals surface area contributed by atoms with Gasteiger partial charge in [-0.05, 0) is 56.9 Å². The maximum Gasteiger partial charge on any atom is 0.309 e. The number of ether oxygens (including phenoxy) is 1. The van der Waals surface area contributed by atoms with Gasteiger partial charge >= 0.3 is 5.97 Å². The fourth-order valence-corrected chi connectivity index (χ4v) is 3.98. The summed E-state index contributed by atoms with van der Waals surface area (Å²) in [6.07, 6.45) is 5.57. The molecule has 2 amide bonds. The highest BCUT2D eigenvalue weighted by molar-refractivity contribution is 5.94. The van der Waals surface area contributed by atoms with E-state index in [2.05, 4.69) is 5.32 Å². The number of rotatable bonds is 5. The summed E-state index contributed by atoms with van der Waals surface area (Å²) in [5.74, 6) is -1.50. The third-order valence-corrected chi connectivity index (χ3v) is 5.82. The predicted octanol–water partition coefficient (Wildman–Crippen LogP) is 3.06. The van der Waals surface area contributed by atoms with E-state index >= 15 is 0 Å². The number of nitrogens with zero attached hydrogens (tertiary/aromatic N) is 1. The van der Waals surface area contributed by atoms with Crippen LogP contribution in [-0.4, -0.2) is 47.9 Å². The normalized spacial score (nSPS) is 19.4. The average Bonchev–Trinajstić information content (AvgIpc) is 2.74. The van der Waals surface area contributed by atoms with Gasteiger partial charge in [0.15, 0.2) is 6.10 Å². The number of carbonyl (C=O) groups excluding carboxylic acids is 3. The minimum atomic E-state index is -0.816. The van der Waals surface area contributed by atoms with Gasteiger partial charge in [0.1, 0.15) is 5.82 Å². The molecule has 0 aromatic heterocycles. The summed E-state index contributed by atoms with van der Waals surface area (Å²) < 4.78 is 18.4. The van der Waals surface area contributed by atoms with Crippen LogP contribution in [0.15, 0.2) is 24.3 Å². The van der Waals surface area contributed by atoms with Crippen molar-refractivity contribution in [3.63, 3.8) is 0 Å². The van der Waals surface area contributed by atoms with Crippen LogP contribution in [0, 0.1) is 11.7 Å². The first kappa shape index (κ1) is 21.3. The van der Waals surface area contributed by atoms with E-state index in [9.17, 15) is 18.8 Å². The van der Waals surface area contributed by atoms with Crippen LogP contribution in [0.3, 0.4) is 0 Å². The maximum absolute atomic E-state index is 13.0. The van der Waals surface area contributed by atoms with Crippen molar-refractivity contribution < 1.29 is 23.5 Å². The Hall–Kier alpha value is -2.44. The minimum Gasteiger partial charge on any atom is -0.452 e. The molecule has 1 N–H and O–H groups in total. The second-order valence-electron chi connectivity index (χ2n) is 8.00. The van der Waals surface area contributed by atoms with Crippen LogP contribution in [0.5, 0.6) is 0 Å². The van der Waals surface area contributed by atoms with Crippen molar-refractivity contribution in [1.29, 1.82) is 0 Å². The summed E-state index contributed by atoms with van der Waals surface area (Å²) in [6, 6.07) is 5.63. The molecule has 6 nitrogen and oxygen atoms in total. The van der Waals surface area contributed by atoms with Gasteiger partial charge in [0, 0.05) is 24.7 Å². The van der Waals surface area contributed by atoms with Crippen molar-refractivity contribution in [2.75, 3.05) is 13.1 Å². The molecule has 1 saturated heterocycles. The minimum absolute atomic E-state index is 0.169. The van der Waals surface area contributed by atoms with Crippen molar-refractivity contribution in [2.45, 2.75) is 64.0 Å². The molecule has 0 spiro atoms. The van der Waals surface area contributed by atoms with Crippen LogP contribution in [-0.2, 0) is 14.3 Å². The van der Waals surface area contributed by atoms with Crippen LogP contribution in [0.4, 0.5) is 4.39 Å². The molecule has 0 unspecified atom stereocenters. The van der Waals surface area contributed by atoms with Gasteiger partial charge in [-0.3, -0.25) is 14.4 Å². The zero-order valence-corrected chi connectivity index (χ0v) is 16.9. The number of piperidine rings is 1. The molecule has 3 rings (SSSR count). The molecule has 1 saturated carbocycles. The van der Waals surface area contributed by atoms with Gasteiger partial charge in [0.25, 0.3) is 11.8 Å². The first-order valence-electron chi connectivity index (χ1n) is 10.5. The van der Waals surface area contributed by atoms with E-state index in [1.54, 1.807) is 11.8 Å². The summed E-state index contributed by atoms with van der Waals surface area (Å²) in [7, 11) is 0. The first-order chi connectivity index (χ1) is 13.9. The molecule has 1 aliphatic carbocycles. The van der Waals surface area contributed by atoms with E-state index in [0.29, 0.717) is 31.5 Å². The molecule has 2 aliphatic rings. The number of benzene rings is 1. The standard InChI is InChI=1S/C22H29FN2O4/c1-15(20(26)24-19-5-3-2-4-6-19)29-22(28)17-11-13-25(14-12-17)21(27)16-7-9-18(23)10-8-16/h7-10,15,17,19H,2-6,11-14H2,1H3,(H,24,26)/t15-/m1/s1. The molecule has 2 fully saturated rings. The summed E-state index contributed by atoms with van der Waals surface area (Å²) >= 11 is 0.